The summed E-state index contributed by atoms with van der Waals surface area (Å²) < 4.78 is 5.32. The minimum Gasteiger partial charge on any atom is -0.398 e. The van der Waals surface area contributed by atoms with Gasteiger partial charge in [-0.1, -0.05) is 25.1 Å². The lowest BCUT2D eigenvalue weighted by Crippen LogP contribution is -2.29. The second-order valence-electron chi connectivity index (χ2n) is 6.07. The summed E-state index contributed by atoms with van der Waals surface area (Å²) in [5.74, 6) is 2.00. The maximum absolute atomic E-state index is 6.08. The number of nitrogen functional groups attached to an aromatic ring is 1. The fourth-order valence-corrected chi connectivity index (χ4v) is 2.85. The number of benzene rings is 1. The van der Waals surface area contributed by atoms with E-state index < -0.39 is 0 Å². The Morgan fingerprint density at radius 3 is 3.05 bits per heavy atom. The van der Waals surface area contributed by atoms with Crippen molar-refractivity contribution in [3.8, 4) is 0 Å². The van der Waals surface area contributed by atoms with Crippen LogP contribution in [0.2, 0.25) is 0 Å². The molecule has 0 radical (unpaired) electrons. The van der Waals surface area contributed by atoms with Crippen molar-refractivity contribution in [1.82, 2.24) is 10.1 Å². The van der Waals surface area contributed by atoms with E-state index in [4.69, 9.17) is 10.3 Å². The molecular formula is C16H22N4O. The average molecular weight is 286 g/mol. The van der Waals surface area contributed by atoms with E-state index in [0.29, 0.717) is 12.5 Å². The largest absolute Gasteiger partial charge is 0.398 e. The van der Waals surface area contributed by atoms with Crippen LogP contribution in [0.4, 0.5) is 11.4 Å². The Morgan fingerprint density at radius 2 is 2.24 bits per heavy atom. The van der Waals surface area contributed by atoms with Crippen LogP contribution in [0.5, 0.6) is 0 Å². The van der Waals surface area contributed by atoms with E-state index >= 15 is 0 Å². The number of nitrogens with zero attached hydrogens (tertiary/aromatic N) is 3. The van der Waals surface area contributed by atoms with Crippen molar-refractivity contribution >= 4 is 11.4 Å². The molecule has 0 saturated heterocycles. The Kier molecular flexibility index (Phi) is 3.82. The van der Waals surface area contributed by atoms with Crippen molar-refractivity contribution in [2.45, 2.75) is 39.7 Å². The lowest BCUT2D eigenvalue weighted by Gasteiger charge is -2.30. The normalized spacial score (nSPS) is 14.5. The van der Waals surface area contributed by atoms with Crippen LogP contribution in [0.15, 0.2) is 22.7 Å². The molecule has 2 N–H and O–H groups in total. The van der Waals surface area contributed by atoms with Crippen LogP contribution in [0, 0.1) is 5.92 Å². The highest BCUT2D eigenvalue weighted by molar-refractivity contribution is 5.66. The molecule has 0 amide bonds. The molecule has 2 heterocycles. The molecule has 2 aromatic rings. The standard InChI is InChI=1S/C16H22N4O/c1-11(2)9-16-18-15(19-21-16)10-20-8-4-5-12-13(17)6-3-7-14(12)20/h3,6-7,11H,4-5,8-10,17H2,1-2H3. The van der Waals surface area contributed by atoms with Crippen LogP contribution in [-0.4, -0.2) is 16.7 Å². The van der Waals surface area contributed by atoms with Crippen LogP contribution in [-0.2, 0) is 19.4 Å². The fourth-order valence-electron chi connectivity index (χ4n) is 2.85. The zero-order valence-corrected chi connectivity index (χ0v) is 12.7. The topological polar surface area (TPSA) is 68.2 Å². The van der Waals surface area contributed by atoms with E-state index in [-0.39, 0.29) is 0 Å². The van der Waals surface area contributed by atoms with E-state index in [1.54, 1.807) is 0 Å². The number of hydrogen-bond donors (Lipinski definition) is 1. The van der Waals surface area contributed by atoms with Crippen LogP contribution in [0.25, 0.3) is 0 Å². The molecule has 21 heavy (non-hydrogen) atoms. The van der Waals surface area contributed by atoms with Crippen molar-refractivity contribution in [1.29, 1.82) is 0 Å². The second kappa shape index (κ2) is 5.76. The molecule has 3 rings (SSSR count). The predicted molar refractivity (Wildman–Crippen MR) is 83.1 cm³/mol. The molecule has 0 spiro atoms. The summed E-state index contributed by atoms with van der Waals surface area (Å²) in [7, 11) is 0. The van der Waals surface area contributed by atoms with Gasteiger partial charge in [-0.3, -0.25) is 0 Å². The SMILES string of the molecule is CC(C)Cc1nc(CN2CCCc3c(N)cccc32)no1. The van der Waals surface area contributed by atoms with Crippen molar-refractivity contribution in [3.05, 3.63) is 35.5 Å². The van der Waals surface area contributed by atoms with Gasteiger partial charge in [0.2, 0.25) is 5.89 Å². The molecule has 0 fully saturated rings. The van der Waals surface area contributed by atoms with E-state index in [0.717, 1.165) is 43.2 Å². The first-order chi connectivity index (χ1) is 10.1. The molecule has 1 aromatic heterocycles. The Morgan fingerprint density at radius 1 is 1.38 bits per heavy atom. The Hall–Kier alpha value is -2.04. The minimum atomic E-state index is 0.522. The van der Waals surface area contributed by atoms with E-state index in [1.165, 1.54) is 11.3 Å². The molecule has 5 heteroatoms. The van der Waals surface area contributed by atoms with Gasteiger partial charge in [0, 0.05) is 24.3 Å². The molecule has 0 aliphatic carbocycles. The molecule has 1 aliphatic heterocycles. The second-order valence-corrected chi connectivity index (χ2v) is 6.07. The summed E-state index contributed by atoms with van der Waals surface area (Å²) in [6, 6.07) is 6.10. The third-order valence-electron chi connectivity index (χ3n) is 3.81. The lowest BCUT2D eigenvalue weighted by molar-refractivity contribution is 0.358. The highest BCUT2D eigenvalue weighted by Gasteiger charge is 2.20. The Labute approximate surface area is 125 Å². The smallest absolute Gasteiger partial charge is 0.226 e. The van der Waals surface area contributed by atoms with Crippen LogP contribution >= 0.6 is 0 Å². The van der Waals surface area contributed by atoms with Gasteiger partial charge in [0.15, 0.2) is 5.82 Å². The third-order valence-corrected chi connectivity index (χ3v) is 3.81. The van der Waals surface area contributed by atoms with Crippen LogP contribution in [0.3, 0.4) is 0 Å². The Balaban J connectivity index is 1.77. The molecule has 1 aromatic carbocycles. The highest BCUT2D eigenvalue weighted by Crippen LogP contribution is 2.31. The fraction of sp³-hybridized carbons (Fsp3) is 0.500. The van der Waals surface area contributed by atoms with Gasteiger partial charge in [0.1, 0.15) is 0 Å². The van der Waals surface area contributed by atoms with Gasteiger partial charge in [-0.15, -0.1) is 0 Å². The molecule has 1 aliphatic rings. The average Bonchev–Trinajstić information content (AvgIpc) is 2.86. The molecule has 5 nitrogen and oxygen atoms in total. The van der Waals surface area contributed by atoms with Crippen molar-refractivity contribution in [2.75, 3.05) is 17.2 Å². The van der Waals surface area contributed by atoms with E-state index in [9.17, 15) is 0 Å². The quantitative estimate of drug-likeness (QED) is 0.875. The molecule has 0 saturated carbocycles. The summed E-state index contributed by atoms with van der Waals surface area (Å²) in [5.41, 5.74) is 9.41. The van der Waals surface area contributed by atoms with Crippen LogP contribution < -0.4 is 10.6 Å². The zero-order chi connectivity index (χ0) is 14.8. The van der Waals surface area contributed by atoms with E-state index in [2.05, 4.69) is 35.0 Å². The lowest BCUT2D eigenvalue weighted by atomic mass is 10.00. The first kappa shape index (κ1) is 13.9. The first-order valence-electron chi connectivity index (χ1n) is 7.57. The van der Waals surface area contributed by atoms with Crippen molar-refractivity contribution in [3.63, 3.8) is 0 Å². The molecule has 112 valence electrons. The van der Waals surface area contributed by atoms with Gasteiger partial charge in [0.05, 0.1) is 6.54 Å². The third kappa shape index (κ3) is 3.01. The first-order valence-corrected chi connectivity index (χ1v) is 7.57. The summed E-state index contributed by atoms with van der Waals surface area (Å²) in [6.45, 7) is 5.98. The van der Waals surface area contributed by atoms with Crippen molar-refractivity contribution in [2.24, 2.45) is 5.92 Å². The highest BCUT2D eigenvalue weighted by atomic mass is 16.5. The number of nitrogens with two attached hydrogens (primary N) is 1. The summed E-state index contributed by atoms with van der Waals surface area (Å²) in [5, 5.41) is 4.10. The molecular weight excluding hydrogens is 264 g/mol. The van der Waals surface area contributed by atoms with Gasteiger partial charge < -0.3 is 15.2 Å². The number of hydrogen-bond acceptors (Lipinski definition) is 5. The monoisotopic (exact) mass is 286 g/mol. The van der Waals surface area contributed by atoms with E-state index in [1.807, 2.05) is 12.1 Å². The number of aromatic nitrogens is 2. The summed E-state index contributed by atoms with van der Waals surface area (Å²) >= 11 is 0. The van der Waals surface area contributed by atoms with Crippen LogP contribution in [0.1, 0.15) is 37.5 Å². The zero-order valence-electron chi connectivity index (χ0n) is 12.7. The minimum absolute atomic E-state index is 0.522. The summed E-state index contributed by atoms with van der Waals surface area (Å²) in [4.78, 5) is 6.78. The number of rotatable bonds is 4. The summed E-state index contributed by atoms with van der Waals surface area (Å²) in [6.07, 6.45) is 2.98. The maximum Gasteiger partial charge on any atom is 0.226 e. The van der Waals surface area contributed by atoms with Gasteiger partial charge >= 0.3 is 0 Å². The number of anilines is 2. The molecule has 0 atom stereocenters. The maximum atomic E-state index is 6.08. The molecule has 0 unspecified atom stereocenters. The predicted octanol–water partition coefficient (Wildman–Crippen LogP) is 2.80. The van der Waals surface area contributed by atoms with Gasteiger partial charge in [0.25, 0.3) is 0 Å². The van der Waals surface area contributed by atoms with Gasteiger partial charge in [-0.05, 0) is 36.5 Å². The van der Waals surface area contributed by atoms with Gasteiger partial charge in [-0.25, -0.2) is 0 Å². The number of fused-ring (bicyclic) bond motifs is 1. The molecule has 0 bridgehead atoms. The van der Waals surface area contributed by atoms with Gasteiger partial charge in [-0.2, -0.15) is 4.98 Å². The van der Waals surface area contributed by atoms with Crippen molar-refractivity contribution < 1.29 is 4.52 Å². The Bertz CT molecular complexity index is 620.